The van der Waals surface area contributed by atoms with Gasteiger partial charge >= 0.3 is 5.97 Å². The molecule has 0 radical (unpaired) electrons. The minimum absolute atomic E-state index is 0.331. The van der Waals surface area contributed by atoms with Crippen LogP contribution in [0.4, 0.5) is 5.13 Å². The van der Waals surface area contributed by atoms with Crippen LogP contribution in [-0.4, -0.2) is 43.7 Å². The molecule has 1 fully saturated rings. The van der Waals surface area contributed by atoms with E-state index in [1.54, 1.807) is 12.3 Å². The molecular formula is C11H17N3O2S. The van der Waals surface area contributed by atoms with Gasteiger partial charge in [0.1, 0.15) is 0 Å². The van der Waals surface area contributed by atoms with Gasteiger partial charge in [-0.05, 0) is 19.9 Å². The summed E-state index contributed by atoms with van der Waals surface area (Å²) in [6.07, 6.45) is 1.11. The molecule has 0 bridgehead atoms. The number of carbonyl (C=O) groups excluding carboxylic acids is 1. The Hall–Kier alpha value is -1.14. The lowest BCUT2D eigenvalue weighted by Crippen LogP contribution is -2.27. The maximum absolute atomic E-state index is 11.5. The minimum Gasteiger partial charge on any atom is -0.461 e. The monoisotopic (exact) mass is 255 g/mol. The van der Waals surface area contributed by atoms with Crippen LogP contribution in [0, 0.1) is 0 Å². The first-order chi connectivity index (χ1) is 8.31. The molecule has 6 heteroatoms. The molecule has 0 aliphatic carbocycles. The Morgan fingerprint density at radius 1 is 1.59 bits per heavy atom. The van der Waals surface area contributed by atoms with E-state index in [1.807, 2.05) is 0 Å². The van der Waals surface area contributed by atoms with Crippen molar-refractivity contribution >= 4 is 22.4 Å². The van der Waals surface area contributed by atoms with Gasteiger partial charge in [0.15, 0.2) is 10.8 Å². The molecule has 0 unspecified atom stereocenters. The summed E-state index contributed by atoms with van der Waals surface area (Å²) in [6, 6.07) is 0. The zero-order chi connectivity index (χ0) is 12.1. The van der Waals surface area contributed by atoms with Gasteiger partial charge < -0.3 is 15.0 Å². The molecule has 0 amide bonds. The second kappa shape index (κ2) is 5.97. The lowest BCUT2D eigenvalue weighted by Gasteiger charge is -2.18. The summed E-state index contributed by atoms with van der Waals surface area (Å²) in [5.41, 5.74) is 0.420. The number of aromatic nitrogens is 1. The number of nitrogens with one attached hydrogen (secondary N) is 1. The summed E-state index contributed by atoms with van der Waals surface area (Å²) in [5, 5.41) is 6.02. The van der Waals surface area contributed by atoms with E-state index in [9.17, 15) is 4.79 Å². The number of carbonyl (C=O) groups is 1. The van der Waals surface area contributed by atoms with E-state index in [-0.39, 0.29) is 5.97 Å². The van der Waals surface area contributed by atoms with Gasteiger partial charge in [-0.3, -0.25) is 0 Å². The third-order valence-electron chi connectivity index (χ3n) is 2.59. The SMILES string of the molecule is CCOC(=O)c1csc(N2CCCNCC2)n1. The van der Waals surface area contributed by atoms with Crippen molar-refractivity contribution in [1.29, 1.82) is 0 Å². The van der Waals surface area contributed by atoms with E-state index in [0.29, 0.717) is 12.3 Å². The van der Waals surface area contributed by atoms with E-state index < -0.39 is 0 Å². The highest BCUT2D eigenvalue weighted by Crippen LogP contribution is 2.21. The molecule has 1 saturated heterocycles. The van der Waals surface area contributed by atoms with Crippen molar-refractivity contribution in [1.82, 2.24) is 10.3 Å². The van der Waals surface area contributed by atoms with Crippen LogP contribution >= 0.6 is 11.3 Å². The molecule has 1 N–H and O–H groups in total. The Kier molecular flexibility index (Phi) is 4.33. The largest absolute Gasteiger partial charge is 0.461 e. The second-order valence-corrected chi connectivity index (χ2v) is 4.66. The fourth-order valence-corrected chi connectivity index (χ4v) is 2.59. The number of anilines is 1. The van der Waals surface area contributed by atoms with Crippen LogP contribution in [0.25, 0.3) is 0 Å². The van der Waals surface area contributed by atoms with E-state index in [0.717, 1.165) is 37.7 Å². The summed E-state index contributed by atoms with van der Waals surface area (Å²) < 4.78 is 4.93. The Bertz CT molecular complexity index is 373. The molecule has 0 aromatic carbocycles. The fourth-order valence-electron chi connectivity index (χ4n) is 1.75. The summed E-state index contributed by atoms with van der Waals surface area (Å²) in [7, 11) is 0. The van der Waals surface area contributed by atoms with E-state index in [2.05, 4.69) is 15.2 Å². The van der Waals surface area contributed by atoms with Gasteiger partial charge in [-0.15, -0.1) is 11.3 Å². The molecule has 0 atom stereocenters. The summed E-state index contributed by atoms with van der Waals surface area (Å²) in [5.74, 6) is -0.331. The number of nitrogens with zero attached hydrogens (tertiary/aromatic N) is 2. The Morgan fingerprint density at radius 3 is 3.29 bits per heavy atom. The van der Waals surface area contributed by atoms with Gasteiger partial charge in [-0.2, -0.15) is 0 Å². The number of hydrogen-bond donors (Lipinski definition) is 1. The van der Waals surface area contributed by atoms with Crippen molar-refractivity contribution in [2.75, 3.05) is 37.7 Å². The van der Waals surface area contributed by atoms with Crippen molar-refractivity contribution in [3.05, 3.63) is 11.1 Å². The highest BCUT2D eigenvalue weighted by atomic mass is 32.1. The first kappa shape index (κ1) is 12.3. The average Bonchev–Trinajstić information content (AvgIpc) is 2.66. The molecule has 2 rings (SSSR count). The molecule has 1 aromatic heterocycles. The molecule has 1 aromatic rings. The van der Waals surface area contributed by atoms with Gasteiger partial charge in [-0.25, -0.2) is 9.78 Å². The zero-order valence-corrected chi connectivity index (χ0v) is 10.8. The van der Waals surface area contributed by atoms with Gasteiger partial charge in [0.25, 0.3) is 0 Å². The fraction of sp³-hybridized carbons (Fsp3) is 0.636. The van der Waals surface area contributed by atoms with E-state index >= 15 is 0 Å². The molecule has 94 valence electrons. The number of rotatable bonds is 3. The molecule has 1 aliphatic heterocycles. The smallest absolute Gasteiger partial charge is 0.357 e. The van der Waals surface area contributed by atoms with Crippen molar-refractivity contribution in [2.45, 2.75) is 13.3 Å². The van der Waals surface area contributed by atoms with Crippen LogP contribution in [0.1, 0.15) is 23.8 Å². The van der Waals surface area contributed by atoms with Crippen molar-refractivity contribution < 1.29 is 9.53 Å². The predicted molar refractivity (Wildman–Crippen MR) is 67.8 cm³/mol. The molecule has 17 heavy (non-hydrogen) atoms. The van der Waals surface area contributed by atoms with Crippen LogP contribution in [0.2, 0.25) is 0 Å². The molecular weight excluding hydrogens is 238 g/mol. The van der Waals surface area contributed by atoms with E-state index in [4.69, 9.17) is 4.74 Å². The minimum atomic E-state index is -0.331. The maximum atomic E-state index is 11.5. The quantitative estimate of drug-likeness (QED) is 0.820. The number of thiazole rings is 1. The highest BCUT2D eigenvalue weighted by molar-refractivity contribution is 7.13. The van der Waals surface area contributed by atoms with Crippen LogP contribution in [0.3, 0.4) is 0 Å². The maximum Gasteiger partial charge on any atom is 0.357 e. The Balaban J connectivity index is 2.03. The van der Waals surface area contributed by atoms with Crippen molar-refractivity contribution in [2.24, 2.45) is 0 Å². The van der Waals surface area contributed by atoms with Gasteiger partial charge in [0.05, 0.1) is 6.61 Å². The zero-order valence-electron chi connectivity index (χ0n) is 9.94. The number of ether oxygens (including phenoxy) is 1. The third-order valence-corrected chi connectivity index (χ3v) is 3.49. The topological polar surface area (TPSA) is 54.5 Å². The highest BCUT2D eigenvalue weighted by Gasteiger charge is 2.16. The lowest BCUT2D eigenvalue weighted by atomic mass is 10.4. The second-order valence-electron chi connectivity index (χ2n) is 3.83. The Labute approximate surface area is 105 Å². The molecule has 0 spiro atoms. The normalized spacial score (nSPS) is 16.6. The molecule has 2 heterocycles. The first-order valence-corrected chi connectivity index (χ1v) is 6.77. The van der Waals surface area contributed by atoms with Crippen LogP contribution in [0.5, 0.6) is 0 Å². The average molecular weight is 255 g/mol. The van der Waals surface area contributed by atoms with Crippen molar-refractivity contribution in [3.8, 4) is 0 Å². The summed E-state index contributed by atoms with van der Waals surface area (Å²) in [4.78, 5) is 18.1. The first-order valence-electron chi connectivity index (χ1n) is 5.89. The molecule has 0 saturated carbocycles. The summed E-state index contributed by atoms with van der Waals surface area (Å²) >= 11 is 1.51. The Morgan fingerprint density at radius 2 is 2.47 bits per heavy atom. The number of esters is 1. The van der Waals surface area contributed by atoms with Gasteiger partial charge in [0, 0.05) is 25.0 Å². The van der Waals surface area contributed by atoms with Crippen LogP contribution in [-0.2, 0) is 4.74 Å². The lowest BCUT2D eigenvalue weighted by molar-refractivity contribution is 0.0520. The molecule has 1 aliphatic rings. The van der Waals surface area contributed by atoms with Crippen LogP contribution in [0.15, 0.2) is 5.38 Å². The van der Waals surface area contributed by atoms with Gasteiger partial charge in [0.2, 0.25) is 0 Å². The third kappa shape index (κ3) is 3.17. The van der Waals surface area contributed by atoms with E-state index in [1.165, 1.54) is 11.3 Å². The van der Waals surface area contributed by atoms with Crippen LogP contribution < -0.4 is 10.2 Å². The van der Waals surface area contributed by atoms with Crippen molar-refractivity contribution in [3.63, 3.8) is 0 Å². The molecule has 5 nitrogen and oxygen atoms in total. The predicted octanol–water partition coefficient (Wildman–Crippen LogP) is 1.12. The standard InChI is InChI=1S/C11H17N3O2S/c1-2-16-10(15)9-8-17-11(13-9)14-6-3-4-12-5-7-14/h8,12H,2-7H2,1H3. The van der Waals surface area contributed by atoms with Gasteiger partial charge in [-0.1, -0.05) is 0 Å². The number of hydrogen-bond acceptors (Lipinski definition) is 6. The summed E-state index contributed by atoms with van der Waals surface area (Å²) in [6.45, 7) is 6.13.